The van der Waals surface area contributed by atoms with E-state index >= 15 is 0 Å². The fraction of sp³-hybridized carbons (Fsp3) is 0.263. The number of anilines is 1. The number of para-hydroxylation sites is 1. The number of carbonyl (C=O) groups is 2. The molecule has 0 saturated carbocycles. The molecule has 3 unspecified atom stereocenters. The lowest BCUT2D eigenvalue weighted by atomic mass is 10.0. The highest BCUT2D eigenvalue weighted by atomic mass is 16.5. The first-order chi connectivity index (χ1) is 13.2. The van der Waals surface area contributed by atoms with Gasteiger partial charge < -0.3 is 15.4 Å². The highest BCUT2D eigenvalue weighted by Crippen LogP contribution is 2.24. The number of carbonyl (C=O) groups excluding carboxylic acids is 2. The van der Waals surface area contributed by atoms with Gasteiger partial charge in [0, 0.05) is 12.1 Å². The number of rotatable bonds is 4. The van der Waals surface area contributed by atoms with Crippen LogP contribution in [-0.2, 0) is 4.79 Å². The Morgan fingerprint density at radius 2 is 1.89 bits per heavy atom. The first-order valence-corrected chi connectivity index (χ1v) is 8.75. The molecule has 8 nitrogen and oxygen atoms in total. The van der Waals surface area contributed by atoms with E-state index in [1.54, 1.807) is 31.4 Å². The minimum Gasteiger partial charge on any atom is -0.497 e. The maximum atomic E-state index is 12.5. The number of methoxy groups -OCH3 is 1. The summed E-state index contributed by atoms with van der Waals surface area (Å²) >= 11 is 0. The van der Waals surface area contributed by atoms with Gasteiger partial charge in [-0.15, -0.1) is 0 Å². The number of nitrogens with one attached hydrogen (secondary N) is 4. The van der Waals surface area contributed by atoms with Crippen LogP contribution in [0.1, 0.15) is 10.4 Å². The van der Waals surface area contributed by atoms with Crippen LogP contribution in [0.2, 0.25) is 0 Å². The van der Waals surface area contributed by atoms with Crippen molar-refractivity contribution in [3.63, 3.8) is 0 Å². The van der Waals surface area contributed by atoms with E-state index in [-0.39, 0.29) is 23.9 Å². The van der Waals surface area contributed by atoms with Gasteiger partial charge in [0.2, 0.25) is 5.91 Å². The molecule has 2 aliphatic rings. The summed E-state index contributed by atoms with van der Waals surface area (Å²) in [4.78, 5) is 25.0. The number of hydrazine groups is 1. The van der Waals surface area contributed by atoms with E-state index in [0.29, 0.717) is 17.9 Å². The molecule has 2 aliphatic heterocycles. The standard InChI is InChI=1S/C19H21N5O3/c1-27-14-9-7-12(8-10-14)17(25)22-19-21-16-15(18(26)23-19)11-20-24(16)13-5-3-2-4-6-13/h2-10,15-16,19-21H,11H2,1H3,(H,22,25)(H,23,26). The molecule has 0 aliphatic carbocycles. The SMILES string of the molecule is COc1ccc(C(=O)NC2NC(=O)C3CNN(c4ccccc4)C3N2)cc1. The molecule has 2 aromatic rings. The number of ether oxygens (including phenoxy) is 1. The van der Waals surface area contributed by atoms with E-state index in [1.165, 1.54) is 0 Å². The van der Waals surface area contributed by atoms with E-state index in [0.717, 1.165) is 5.69 Å². The second-order valence-electron chi connectivity index (χ2n) is 6.43. The van der Waals surface area contributed by atoms with Crippen LogP contribution in [0.25, 0.3) is 0 Å². The van der Waals surface area contributed by atoms with E-state index in [1.807, 2.05) is 35.3 Å². The van der Waals surface area contributed by atoms with Gasteiger partial charge in [-0.1, -0.05) is 18.2 Å². The molecule has 2 aromatic carbocycles. The van der Waals surface area contributed by atoms with E-state index in [2.05, 4.69) is 21.4 Å². The second-order valence-corrected chi connectivity index (χ2v) is 6.43. The van der Waals surface area contributed by atoms with Crippen molar-refractivity contribution in [1.29, 1.82) is 0 Å². The van der Waals surface area contributed by atoms with Gasteiger partial charge in [0.25, 0.3) is 5.91 Å². The van der Waals surface area contributed by atoms with Crippen LogP contribution in [0.5, 0.6) is 5.75 Å². The summed E-state index contributed by atoms with van der Waals surface area (Å²) < 4.78 is 5.10. The van der Waals surface area contributed by atoms with Gasteiger partial charge in [0.1, 0.15) is 11.9 Å². The van der Waals surface area contributed by atoms with Crippen molar-refractivity contribution in [2.24, 2.45) is 5.92 Å². The molecule has 2 heterocycles. The predicted molar refractivity (Wildman–Crippen MR) is 99.7 cm³/mol. The van der Waals surface area contributed by atoms with Crippen molar-refractivity contribution >= 4 is 17.5 Å². The molecule has 2 amide bonds. The molecular formula is C19H21N5O3. The fourth-order valence-electron chi connectivity index (χ4n) is 3.35. The number of benzene rings is 2. The molecule has 4 rings (SSSR count). The number of fused-ring (bicyclic) bond motifs is 1. The minimum atomic E-state index is -0.667. The Morgan fingerprint density at radius 1 is 1.15 bits per heavy atom. The van der Waals surface area contributed by atoms with Crippen LogP contribution in [-0.4, -0.2) is 37.9 Å². The Morgan fingerprint density at radius 3 is 2.59 bits per heavy atom. The van der Waals surface area contributed by atoms with Crippen LogP contribution in [0.3, 0.4) is 0 Å². The molecule has 140 valence electrons. The number of hydrogen-bond acceptors (Lipinski definition) is 6. The van der Waals surface area contributed by atoms with Crippen LogP contribution in [0, 0.1) is 5.92 Å². The van der Waals surface area contributed by atoms with Crippen molar-refractivity contribution < 1.29 is 14.3 Å². The summed E-state index contributed by atoms with van der Waals surface area (Å²) in [5, 5.41) is 10.8. The van der Waals surface area contributed by atoms with E-state index in [4.69, 9.17) is 4.74 Å². The summed E-state index contributed by atoms with van der Waals surface area (Å²) in [7, 11) is 1.57. The summed E-state index contributed by atoms with van der Waals surface area (Å²) in [5.41, 5.74) is 4.68. The molecular weight excluding hydrogens is 346 g/mol. The van der Waals surface area contributed by atoms with Gasteiger partial charge in [-0.25, -0.2) is 5.43 Å². The molecule has 0 bridgehead atoms. The van der Waals surface area contributed by atoms with Gasteiger partial charge in [-0.3, -0.25) is 19.9 Å². The zero-order valence-electron chi connectivity index (χ0n) is 14.8. The first kappa shape index (κ1) is 17.3. The predicted octanol–water partition coefficient (Wildman–Crippen LogP) is 0.395. The Bertz CT molecular complexity index is 827. The lowest BCUT2D eigenvalue weighted by Gasteiger charge is -2.37. The third-order valence-electron chi connectivity index (χ3n) is 4.76. The van der Waals surface area contributed by atoms with Gasteiger partial charge in [0.05, 0.1) is 18.7 Å². The smallest absolute Gasteiger partial charge is 0.253 e. The largest absolute Gasteiger partial charge is 0.497 e. The Labute approximate surface area is 156 Å². The van der Waals surface area contributed by atoms with Crippen molar-refractivity contribution in [3.05, 3.63) is 60.2 Å². The average molecular weight is 367 g/mol. The maximum Gasteiger partial charge on any atom is 0.253 e. The van der Waals surface area contributed by atoms with Crippen molar-refractivity contribution in [2.75, 3.05) is 18.7 Å². The minimum absolute atomic E-state index is 0.107. The van der Waals surface area contributed by atoms with E-state index in [9.17, 15) is 9.59 Å². The molecule has 27 heavy (non-hydrogen) atoms. The third kappa shape index (κ3) is 3.44. The number of hydrogen-bond donors (Lipinski definition) is 4. The van der Waals surface area contributed by atoms with Gasteiger partial charge >= 0.3 is 0 Å². The van der Waals surface area contributed by atoms with Crippen LogP contribution in [0.4, 0.5) is 5.69 Å². The molecule has 0 spiro atoms. The third-order valence-corrected chi connectivity index (χ3v) is 4.76. The van der Waals surface area contributed by atoms with Crippen LogP contribution >= 0.6 is 0 Å². The summed E-state index contributed by atoms with van der Waals surface area (Å²) in [6.07, 6.45) is -0.929. The zero-order valence-corrected chi connectivity index (χ0v) is 14.8. The Balaban J connectivity index is 1.46. The summed E-state index contributed by atoms with van der Waals surface area (Å²) in [6, 6.07) is 16.5. The molecule has 2 fully saturated rings. The maximum absolute atomic E-state index is 12.5. The van der Waals surface area contributed by atoms with E-state index < -0.39 is 6.29 Å². The van der Waals surface area contributed by atoms with Crippen molar-refractivity contribution in [1.82, 2.24) is 21.4 Å². The fourth-order valence-corrected chi connectivity index (χ4v) is 3.35. The van der Waals surface area contributed by atoms with Crippen molar-refractivity contribution in [2.45, 2.75) is 12.5 Å². The highest BCUT2D eigenvalue weighted by molar-refractivity contribution is 5.95. The Kier molecular flexibility index (Phi) is 4.66. The van der Waals surface area contributed by atoms with Gasteiger partial charge in [-0.05, 0) is 36.4 Å². The first-order valence-electron chi connectivity index (χ1n) is 8.75. The molecule has 2 saturated heterocycles. The van der Waals surface area contributed by atoms with Crippen LogP contribution in [0.15, 0.2) is 54.6 Å². The van der Waals surface area contributed by atoms with Gasteiger partial charge in [-0.2, -0.15) is 0 Å². The topological polar surface area (TPSA) is 94.7 Å². The second kappa shape index (κ2) is 7.26. The zero-order chi connectivity index (χ0) is 18.8. The lowest BCUT2D eigenvalue weighted by Crippen LogP contribution is -2.69. The van der Waals surface area contributed by atoms with Gasteiger partial charge in [0.15, 0.2) is 6.29 Å². The quantitative estimate of drug-likeness (QED) is 0.625. The lowest BCUT2D eigenvalue weighted by molar-refractivity contribution is -0.128. The monoisotopic (exact) mass is 367 g/mol. The number of nitrogens with zero attached hydrogens (tertiary/aromatic N) is 1. The molecule has 8 heteroatoms. The highest BCUT2D eigenvalue weighted by Gasteiger charge is 2.44. The summed E-state index contributed by atoms with van der Waals surface area (Å²) in [6.45, 7) is 0.525. The molecule has 4 N–H and O–H groups in total. The molecule has 3 atom stereocenters. The molecule has 0 aromatic heterocycles. The summed E-state index contributed by atoms with van der Waals surface area (Å²) in [5.74, 6) is 0.0317. The van der Waals surface area contributed by atoms with Crippen LogP contribution < -0.4 is 31.1 Å². The molecule has 0 radical (unpaired) electrons. The Hall–Kier alpha value is -3.10. The normalized spacial score (nSPS) is 24.1. The number of amides is 2. The average Bonchev–Trinajstić information content (AvgIpc) is 3.13. The van der Waals surface area contributed by atoms with Crippen molar-refractivity contribution in [3.8, 4) is 5.75 Å².